The molecular formula is C10H12N2O3. The lowest BCUT2D eigenvalue weighted by atomic mass is 10.1. The molecule has 0 radical (unpaired) electrons. The third kappa shape index (κ3) is 1.09. The highest BCUT2D eigenvalue weighted by molar-refractivity contribution is 5.98. The number of carbonyl (C=O) groups is 2. The van der Waals surface area contributed by atoms with Gasteiger partial charge in [0.25, 0.3) is 0 Å². The summed E-state index contributed by atoms with van der Waals surface area (Å²) in [4.78, 5) is 27.2. The molecule has 15 heavy (non-hydrogen) atoms. The van der Waals surface area contributed by atoms with Gasteiger partial charge >= 0.3 is 0 Å². The molecule has 0 N–H and O–H groups in total. The topological polar surface area (TPSA) is 49.9 Å². The quantitative estimate of drug-likeness (QED) is 0.548. The van der Waals surface area contributed by atoms with Gasteiger partial charge in [0, 0.05) is 12.7 Å². The fourth-order valence-corrected chi connectivity index (χ4v) is 2.51. The largest absolute Gasteiger partial charge is 0.497 e. The van der Waals surface area contributed by atoms with E-state index in [1.807, 2.05) is 0 Å². The van der Waals surface area contributed by atoms with Crippen LogP contribution < -0.4 is 0 Å². The van der Waals surface area contributed by atoms with Gasteiger partial charge in [-0.2, -0.15) is 0 Å². The average molecular weight is 208 g/mol. The molecule has 2 fully saturated rings. The maximum atomic E-state index is 12.0. The summed E-state index contributed by atoms with van der Waals surface area (Å²) in [6.45, 7) is 0.994. The van der Waals surface area contributed by atoms with Gasteiger partial charge in [-0.3, -0.25) is 14.5 Å². The van der Waals surface area contributed by atoms with Crippen molar-refractivity contribution >= 4 is 11.8 Å². The Balaban J connectivity index is 1.97. The summed E-state index contributed by atoms with van der Waals surface area (Å²) in [6.07, 6.45) is 4.77. The van der Waals surface area contributed by atoms with Crippen LogP contribution in [0.5, 0.6) is 0 Å². The van der Waals surface area contributed by atoms with Gasteiger partial charge in [-0.15, -0.1) is 0 Å². The van der Waals surface area contributed by atoms with E-state index in [9.17, 15) is 9.59 Å². The normalized spacial score (nSPS) is 33.9. The highest BCUT2D eigenvalue weighted by atomic mass is 16.5. The van der Waals surface area contributed by atoms with E-state index in [0.29, 0.717) is 6.54 Å². The number of piperazine rings is 1. The van der Waals surface area contributed by atoms with Crippen LogP contribution in [-0.2, 0) is 14.3 Å². The molecule has 0 aliphatic carbocycles. The zero-order valence-corrected chi connectivity index (χ0v) is 8.26. The molecule has 5 heteroatoms. The Hall–Kier alpha value is -1.52. The van der Waals surface area contributed by atoms with Gasteiger partial charge in [-0.05, 0) is 12.8 Å². The number of fused-ring (bicyclic) bond motifs is 2. The van der Waals surface area contributed by atoms with E-state index in [-0.39, 0.29) is 24.5 Å². The fourth-order valence-electron chi connectivity index (χ4n) is 2.51. The van der Waals surface area contributed by atoms with Crippen LogP contribution in [0, 0.1) is 0 Å². The SMILES string of the molecule is O=C1[C@H]2CCCN2C(=O)[C@@H]2COC=CN12. The molecule has 2 amide bonds. The highest BCUT2D eigenvalue weighted by Crippen LogP contribution is 2.28. The van der Waals surface area contributed by atoms with Crippen molar-refractivity contribution in [3.8, 4) is 0 Å². The number of hydrogen-bond donors (Lipinski definition) is 0. The van der Waals surface area contributed by atoms with Gasteiger partial charge in [0.2, 0.25) is 11.8 Å². The zero-order valence-electron chi connectivity index (χ0n) is 8.26. The lowest BCUT2D eigenvalue weighted by molar-refractivity contribution is -0.159. The number of amides is 2. The Morgan fingerprint density at radius 1 is 1.27 bits per heavy atom. The molecule has 0 unspecified atom stereocenters. The van der Waals surface area contributed by atoms with Crippen LogP contribution in [0.15, 0.2) is 12.5 Å². The van der Waals surface area contributed by atoms with Crippen LogP contribution in [0.1, 0.15) is 12.8 Å². The fraction of sp³-hybridized carbons (Fsp3) is 0.600. The van der Waals surface area contributed by atoms with Crippen LogP contribution in [0.4, 0.5) is 0 Å². The summed E-state index contributed by atoms with van der Waals surface area (Å²) < 4.78 is 5.08. The first kappa shape index (κ1) is 8.76. The van der Waals surface area contributed by atoms with Gasteiger partial charge in [-0.25, -0.2) is 0 Å². The van der Waals surface area contributed by atoms with Crippen LogP contribution >= 0.6 is 0 Å². The van der Waals surface area contributed by atoms with Crippen molar-refractivity contribution in [2.45, 2.75) is 24.9 Å². The average Bonchev–Trinajstić information content (AvgIpc) is 2.75. The summed E-state index contributed by atoms with van der Waals surface area (Å²) in [5.74, 6) is 0.0677. The summed E-state index contributed by atoms with van der Waals surface area (Å²) in [5, 5.41) is 0. The third-order valence-corrected chi connectivity index (χ3v) is 3.27. The minimum absolute atomic E-state index is 0.0291. The molecule has 0 aromatic carbocycles. The number of hydrogen-bond acceptors (Lipinski definition) is 3. The molecule has 0 saturated carbocycles. The van der Waals surface area contributed by atoms with Crippen molar-refractivity contribution < 1.29 is 14.3 Å². The Morgan fingerprint density at radius 2 is 2.13 bits per heavy atom. The lowest BCUT2D eigenvalue weighted by Gasteiger charge is -2.41. The van der Waals surface area contributed by atoms with Crippen molar-refractivity contribution in [2.24, 2.45) is 0 Å². The standard InChI is InChI=1S/C10H12N2O3/c13-9-7-2-1-3-11(7)10(14)8-6-15-5-4-12(8)9/h4-5,7-8H,1-3,6H2/t7-,8+/m1/s1. The predicted octanol–water partition coefficient (Wildman–Crippen LogP) is -0.310. The third-order valence-electron chi connectivity index (χ3n) is 3.27. The number of carbonyl (C=O) groups excluding carboxylic acids is 2. The van der Waals surface area contributed by atoms with E-state index in [2.05, 4.69) is 0 Å². The smallest absolute Gasteiger partial charge is 0.250 e. The molecule has 3 heterocycles. The first-order valence-corrected chi connectivity index (χ1v) is 5.20. The van der Waals surface area contributed by atoms with Gasteiger partial charge in [0.05, 0.1) is 6.26 Å². The number of nitrogens with zero attached hydrogens (tertiary/aromatic N) is 2. The summed E-state index contributed by atoms with van der Waals surface area (Å²) in [6, 6.07) is -0.659. The molecule has 0 aromatic rings. The van der Waals surface area contributed by atoms with E-state index >= 15 is 0 Å². The highest BCUT2D eigenvalue weighted by Gasteiger charge is 2.48. The number of ether oxygens (including phenoxy) is 1. The molecule has 80 valence electrons. The molecule has 0 spiro atoms. The summed E-state index contributed by atoms with van der Waals surface area (Å²) in [7, 11) is 0. The molecule has 3 aliphatic rings. The van der Waals surface area contributed by atoms with E-state index in [4.69, 9.17) is 4.74 Å². The molecule has 2 atom stereocenters. The first-order valence-electron chi connectivity index (χ1n) is 5.20. The monoisotopic (exact) mass is 208 g/mol. The maximum Gasteiger partial charge on any atom is 0.250 e. The van der Waals surface area contributed by atoms with Crippen LogP contribution in [-0.4, -0.2) is 46.8 Å². The van der Waals surface area contributed by atoms with E-state index in [0.717, 1.165) is 12.8 Å². The molecule has 0 aromatic heterocycles. The maximum absolute atomic E-state index is 12.0. The van der Waals surface area contributed by atoms with Crippen LogP contribution in [0.3, 0.4) is 0 Å². The van der Waals surface area contributed by atoms with Crippen molar-refractivity contribution in [1.82, 2.24) is 9.80 Å². The second-order valence-corrected chi connectivity index (χ2v) is 4.07. The first-order chi connectivity index (χ1) is 7.29. The van der Waals surface area contributed by atoms with Gasteiger partial charge in [-0.1, -0.05) is 0 Å². The Labute approximate surface area is 87.3 Å². The van der Waals surface area contributed by atoms with Gasteiger partial charge < -0.3 is 9.64 Å². The van der Waals surface area contributed by atoms with Gasteiger partial charge in [0.1, 0.15) is 18.7 Å². The van der Waals surface area contributed by atoms with E-state index in [1.165, 1.54) is 11.2 Å². The van der Waals surface area contributed by atoms with Crippen molar-refractivity contribution in [3.05, 3.63) is 12.5 Å². The molecule has 5 nitrogen and oxygen atoms in total. The molecule has 0 bridgehead atoms. The van der Waals surface area contributed by atoms with E-state index in [1.54, 1.807) is 11.1 Å². The van der Waals surface area contributed by atoms with Gasteiger partial charge in [0.15, 0.2) is 0 Å². The minimum atomic E-state index is -0.433. The van der Waals surface area contributed by atoms with E-state index < -0.39 is 6.04 Å². The molecule has 2 saturated heterocycles. The zero-order chi connectivity index (χ0) is 10.4. The van der Waals surface area contributed by atoms with Crippen LogP contribution in [0.25, 0.3) is 0 Å². The second kappa shape index (κ2) is 2.98. The number of rotatable bonds is 0. The summed E-state index contributed by atoms with van der Waals surface area (Å²) in [5.41, 5.74) is 0. The van der Waals surface area contributed by atoms with Crippen molar-refractivity contribution in [3.63, 3.8) is 0 Å². The Kier molecular flexibility index (Phi) is 1.74. The van der Waals surface area contributed by atoms with Crippen molar-refractivity contribution in [2.75, 3.05) is 13.2 Å². The lowest BCUT2D eigenvalue weighted by Crippen LogP contribution is -2.63. The molecule has 3 rings (SSSR count). The molecular weight excluding hydrogens is 196 g/mol. The Morgan fingerprint density at radius 3 is 3.00 bits per heavy atom. The minimum Gasteiger partial charge on any atom is -0.497 e. The summed E-state index contributed by atoms with van der Waals surface area (Å²) >= 11 is 0. The van der Waals surface area contributed by atoms with Crippen molar-refractivity contribution in [1.29, 1.82) is 0 Å². The predicted molar refractivity (Wildman–Crippen MR) is 50.5 cm³/mol. The molecule has 3 aliphatic heterocycles. The second-order valence-electron chi connectivity index (χ2n) is 4.07. The Bertz CT molecular complexity index is 353. The van der Waals surface area contributed by atoms with Crippen LogP contribution in [0.2, 0.25) is 0 Å².